The summed E-state index contributed by atoms with van der Waals surface area (Å²) in [6.07, 6.45) is 0. The average Bonchev–Trinajstić information content (AvgIpc) is 3.26. The Labute approximate surface area is 316 Å². The Morgan fingerprint density at radius 1 is 0.185 bits per heavy atom. The molecule has 0 bridgehead atoms. The van der Waals surface area contributed by atoms with Gasteiger partial charge in [-0.1, -0.05) is 194 Å². The smallest absolute Gasteiger partial charge is 0.00266 e. The highest BCUT2D eigenvalue weighted by atomic mass is 14.2. The van der Waals surface area contributed by atoms with Crippen LogP contribution in [-0.2, 0) is 0 Å². The normalized spacial score (nSPS) is 11.3. The summed E-state index contributed by atoms with van der Waals surface area (Å²) in [6, 6.07) is 79.8. The van der Waals surface area contributed by atoms with Crippen LogP contribution in [0.2, 0.25) is 0 Å². The quantitative estimate of drug-likeness (QED) is 0.164. The van der Waals surface area contributed by atoms with E-state index < -0.39 is 0 Å². The van der Waals surface area contributed by atoms with Crippen molar-refractivity contribution in [2.45, 2.75) is 0 Å². The lowest BCUT2D eigenvalue weighted by Gasteiger charge is -2.20. The van der Waals surface area contributed by atoms with Crippen molar-refractivity contribution in [2.75, 3.05) is 0 Å². The van der Waals surface area contributed by atoms with E-state index >= 15 is 0 Å². The van der Waals surface area contributed by atoms with Gasteiger partial charge in [-0.2, -0.15) is 0 Å². The summed E-state index contributed by atoms with van der Waals surface area (Å²) >= 11 is 0. The largest absolute Gasteiger partial charge is 0.0622 e. The van der Waals surface area contributed by atoms with Crippen LogP contribution in [0.4, 0.5) is 0 Å². The van der Waals surface area contributed by atoms with E-state index in [1.165, 1.54) is 99.1 Å². The molecule has 0 fully saturated rings. The maximum Gasteiger partial charge on any atom is -0.00266 e. The maximum atomic E-state index is 2.35. The van der Waals surface area contributed by atoms with Crippen LogP contribution in [0, 0.1) is 0 Å². The Balaban J connectivity index is 1.16. The van der Waals surface area contributed by atoms with E-state index in [0.29, 0.717) is 0 Å². The molecule has 0 amide bonds. The SMILES string of the molecule is c1ccc(-c2ccc3cc(-c4ccc5c(-c6ccccc6)c(-c6cccc(-c7ccc8ccccc8c7)c6)ccc5c4-c4ccccc4)ccc3c2)cc1. The third kappa shape index (κ3) is 5.75. The second-order valence-electron chi connectivity index (χ2n) is 14.1. The Bertz CT molecular complexity index is 2960. The predicted molar refractivity (Wildman–Crippen MR) is 232 cm³/mol. The highest BCUT2D eigenvalue weighted by Gasteiger charge is 2.19. The number of benzene rings is 10. The van der Waals surface area contributed by atoms with Gasteiger partial charge >= 0.3 is 0 Å². The van der Waals surface area contributed by atoms with E-state index in [9.17, 15) is 0 Å². The summed E-state index contributed by atoms with van der Waals surface area (Å²) in [5.41, 5.74) is 14.7. The second kappa shape index (κ2) is 13.5. The lowest BCUT2D eigenvalue weighted by atomic mass is 9.83. The molecule has 10 rings (SSSR count). The minimum Gasteiger partial charge on any atom is -0.0622 e. The van der Waals surface area contributed by atoms with Gasteiger partial charge in [-0.25, -0.2) is 0 Å². The highest BCUT2D eigenvalue weighted by Crippen LogP contribution is 2.45. The van der Waals surface area contributed by atoms with Crippen molar-refractivity contribution in [3.8, 4) is 66.8 Å². The summed E-state index contributed by atoms with van der Waals surface area (Å²) in [5.74, 6) is 0. The third-order valence-electron chi connectivity index (χ3n) is 10.8. The molecule has 0 N–H and O–H groups in total. The van der Waals surface area contributed by atoms with Gasteiger partial charge in [0.25, 0.3) is 0 Å². The zero-order chi connectivity index (χ0) is 35.8. The van der Waals surface area contributed by atoms with Crippen molar-refractivity contribution in [3.63, 3.8) is 0 Å². The molecule has 0 aliphatic carbocycles. The Hall–Kier alpha value is -7.02. The van der Waals surface area contributed by atoms with Gasteiger partial charge in [0, 0.05) is 0 Å². The molecule has 10 aromatic rings. The molecule has 252 valence electrons. The standard InChI is InChI=1S/C54H36/c1-4-13-37(14-5-1)43-25-26-46-36-48(28-27-45(46)34-43)50-30-32-51-52(54(50)40-18-8-3-9-19-40)31-29-49(53(51)39-16-6-2-7-17-39)47-22-12-21-42(35-47)44-24-23-38-15-10-11-20-41(38)33-44/h1-36H. The van der Waals surface area contributed by atoms with Gasteiger partial charge < -0.3 is 0 Å². The lowest BCUT2D eigenvalue weighted by molar-refractivity contribution is 1.58. The lowest BCUT2D eigenvalue weighted by Crippen LogP contribution is -1.93. The fourth-order valence-electron chi connectivity index (χ4n) is 8.18. The summed E-state index contributed by atoms with van der Waals surface area (Å²) in [7, 11) is 0. The van der Waals surface area contributed by atoms with Crippen LogP contribution in [-0.4, -0.2) is 0 Å². The first-order chi connectivity index (χ1) is 26.8. The summed E-state index contributed by atoms with van der Waals surface area (Å²) in [4.78, 5) is 0. The minimum atomic E-state index is 1.20. The first kappa shape index (κ1) is 31.7. The van der Waals surface area contributed by atoms with Crippen LogP contribution >= 0.6 is 0 Å². The van der Waals surface area contributed by atoms with E-state index in [1.807, 2.05) is 0 Å². The number of fused-ring (bicyclic) bond motifs is 3. The molecule has 54 heavy (non-hydrogen) atoms. The van der Waals surface area contributed by atoms with Crippen LogP contribution in [0.1, 0.15) is 0 Å². The van der Waals surface area contributed by atoms with Crippen LogP contribution in [0.5, 0.6) is 0 Å². The van der Waals surface area contributed by atoms with Crippen molar-refractivity contribution in [1.29, 1.82) is 0 Å². The molecule has 0 aliphatic heterocycles. The van der Waals surface area contributed by atoms with Crippen LogP contribution < -0.4 is 0 Å². The molecular weight excluding hydrogens is 649 g/mol. The third-order valence-corrected chi connectivity index (χ3v) is 10.8. The van der Waals surface area contributed by atoms with Gasteiger partial charge in [0.15, 0.2) is 0 Å². The molecule has 0 aliphatic rings. The second-order valence-corrected chi connectivity index (χ2v) is 14.1. The van der Waals surface area contributed by atoms with Gasteiger partial charge in [-0.3, -0.25) is 0 Å². The Morgan fingerprint density at radius 3 is 1.15 bits per heavy atom. The first-order valence-corrected chi connectivity index (χ1v) is 18.7. The zero-order valence-corrected chi connectivity index (χ0v) is 29.8. The molecule has 0 atom stereocenters. The Morgan fingerprint density at radius 2 is 0.556 bits per heavy atom. The summed E-state index contributed by atoms with van der Waals surface area (Å²) in [6.45, 7) is 0. The number of hydrogen-bond acceptors (Lipinski definition) is 0. The molecule has 0 heterocycles. The van der Waals surface area contributed by atoms with Crippen LogP contribution in [0.25, 0.3) is 99.1 Å². The minimum absolute atomic E-state index is 1.20. The molecule has 10 aromatic carbocycles. The number of hydrogen-bond donors (Lipinski definition) is 0. The molecule has 0 radical (unpaired) electrons. The van der Waals surface area contributed by atoms with Gasteiger partial charge in [-0.15, -0.1) is 0 Å². The zero-order valence-electron chi connectivity index (χ0n) is 29.8. The van der Waals surface area contributed by atoms with E-state index in [2.05, 4.69) is 218 Å². The molecular formula is C54H36. The topological polar surface area (TPSA) is 0 Å². The maximum absolute atomic E-state index is 2.35. The van der Waals surface area contributed by atoms with Crippen molar-refractivity contribution >= 4 is 32.3 Å². The Kier molecular flexibility index (Phi) is 7.93. The van der Waals surface area contributed by atoms with Crippen molar-refractivity contribution in [2.24, 2.45) is 0 Å². The molecule has 0 saturated carbocycles. The van der Waals surface area contributed by atoms with E-state index in [4.69, 9.17) is 0 Å². The van der Waals surface area contributed by atoms with Crippen molar-refractivity contribution < 1.29 is 0 Å². The van der Waals surface area contributed by atoms with Crippen LogP contribution in [0.3, 0.4) is 0 Å². The molecule has 0 heteroatoms. The average molecular weight is 685 g/mol. The molecule has 0 spiro atoms. The van der Waals surface area contributed by atoms with E-state index in [-0.39, 0.29) is 0 Å². The van der Waals surface area contributed by atoms with E-state index in [1.54, 1.807) is 0 Å². The highest BCUT2D eigenvalue weighted by molar-refractivity contribution is 6.13. The molecule has 0 saturated heterocycles. The summed E-state index contributed by atoms with van der Waals surface area (Å²) in [5, 5.41) is 7.47. The summed E-state index contributed by atoms with van der Waals surface area (Å²) < 4.78 is 0. The van der Waals surface area contributed by atoms with Gasteiger partial charge in [0.05, 0.1) is 0 Å². The van der Waals surface area contributed by atoms with Gasteiger partial charge in [0.2, 0.25) is 0 Å². The van der Waals surface area contributed by atoms with Gasteiger partial charge in [0.1, 0.15) is 0 Å². The number of rotatable bonds is 6. The molecule has 0 nitrogen and oxygen atoms in total. The fourth-order valence-corrected chi connectivity index (χ4v) is 8.18. The van der Waals surface area contributed by atoms with E-state index in [0.717, 1.165) is 0 Å². The van der Waals surface area contributed by atoms with Crippen molar-refractivity contribution in [1.82, 2.24) is 0 Å². The monoisotopic (exact) mass is 684 g/mol. The van der Waals surface area contributed by atoms with Gasteiger partial charge in [-0.05, 0) is 123 Å². The first-order valence-electron chi connectivity index (χ1n) is 18.7. The predicted octanol–water partition coefficient (Wildman–Crippen LogP) is 15.1. The fraction of sp³-hybridized carbons (Fsp3) is 0. The van der Waals surface area contributed by atoms with Crippen molar-refractivity contribution in [3.05, 3.63) is 218 Å². The molecule has 0 unspecified atom stereocenters. The van der Waals surface area contributed by atoms with Crippen LogP contribution in [0.15, 0.2) is 218 Å². The molecule has 0 aromatic heterocycles.